The molecule has 0 aliphatic rings. The minimum Gasteiger partial charge on any atom is -0.390 e. The van der Waals surface area contributed by atoms with Crippen molar-refractivity contribution >= 4 is 11.6 Å². The predicted molar refractivity (Wildman–Crippen MR) is 64.1 cm³/mol. The maximum Gasteiger partial charge on any atom is 0.0603 e. The fourth-order valence-corrected chi connectivity index (χ4v) is 1.49. The first kappa shape index (κ1) is 12.5. The van der Waals surface area contributed by atoms with Crippen LogP contribution in [0.4, 0.5) is 0 Å². The lowest BCUT2D eigenvalue weighted by Gasteiger charge is -2.16. The van der Waals surface area contributed by atoms with E-state index in [9.17, 15) is 5.11 Å². The van der Waals surface area contributed by atoms with Crippen LogP contribution in [0, 0.1) is 0 Å². The number of aliphatic hydroxyl groups is 1. The first-order valence-electron chi connectivity index (χ1n) is 5.15. The average molecular weight is 228 g/mol. The van der Waals surface area contributed by atoms with E-state index in [-0.39, 0.29) is 0 Å². The Balaban J connectivity index is 2.26. The van der Waals surface area contributed by atoms with Crippen molar-refractivity contribution in [2.45, 2.75) is 32.4 Å². The fraction of sp³-hybridized carbons (Fsp3) is 0.500. The molecule has 0 radical (unpaired) electrons. The molecule has 0 bridgehead atoms. The van der Waals surface area contributed by atoms with E-state index in [0.717, 1.165) is 24.5 Å². The zero-order chi connectivity index (χ0) is 11.3. The maximum atomic E-state index is 9.50. The number of nitrogens with one attached hydrogen (secondary N) is 1. The Morgan fingerprint density at radius 3 is 2.73 bits per heavy atom. The highest BCUT2D eigenvalue weighted by molar-refractivity contribution is 6.30. The molecule has 0 saturated heterocycles. The average Bonchev–Trinajstić information content (AvgIpc) is 2.11. The number of rotatable bonds is 5. The van der Waals surface area contributed by atoms with E-state index in [1.807, 2.05) is 38.1 Å². The van der Waals surface area contributed by atoms with Crippen molar-refractivity contribution < 1.29 is 5.11 Å². The lowest BCUT2D eigenvalue weighted by atomic mass is 10.1. The molecule has 0 unspecified atom stereocenters. The van der Waals surface area contributed by atoms with Crippen molar-refractivity contribution in [3.05, 3.63) is 34.9 Å². The molecular weight excluding hydrogens is 210 g/mol. The van der Waals surface area contributed by atoms with Gasteiger partial charge in [-0.05, 0) is 44.5 Å². The van der Waals surface area contributed by atoms with E-state index in [1.54, 1.807) is 0 Å². The van der Waals surface area contributed by atoms with Crippen LogP contribution >= 0.6 is 11.6 Å². The monoisotopic (exact) mass is 227 g/mol. The van der Waals surface area contributed by atoms with E-state index in [2.05, 4.69) is 5.32 Å². The van der Waals surface area contributed by atoms with Crippen LogP contribution in [0.1, 0.15) is 25.8 Å². The van der Waals surface area contributed by atoms with Crippen LogP contribution in [-0.2, 0) is 6.54 Å². The highest BCUT2D eigenvalue weighted by atomic mass is 35.5. The van der Waals surface area contributed by atoms with Crippen molar-refractivity contribution in [3.8, 4) is 0 Å². The van der Waals surface area contributed by atoms with Crippen LogP contribution in [0.3, 0.4) is 0 Å². The smallest absolute Gasteiger partial charge is 0.0603 e. The summed E-state index contributed by atoms with van der Waals surface area (Å²) in [6, 6.07) is 7.78. The minimum atomic E-state index is -0.596. The van der Waals surface area contributed by atoms with Crippen molar-refractivity contribution in [3.63, 3.8) is 0 Å². The van der Waals surface area contributed by atoms with E-state index in [4.69, 9.17) is 11.6 Å². The molecule has 0 atom stereocenters. The van der Waals surface area contributed by atoms with Crippen LogP contribution in [0.25, 0.3) is 0 Å². The van der Waals surface area contributed by atoms with Gasteiger partial charge in [-0.1, -0.05) is 23.7 Å². The normalized spacial score (nSPS) is 11.7. The van der Waals surface area contributed by atoms with Gasteiger partial charge in [0.05, 0.1) is 5.60 Å². The van der Waals surface area contributed by atoms with Crippen LogP contribution in [0.15, 0.2) is 24.3 Å². The summed E-state index contributed by atoms with van der Waals surface area (Å²) in [7, 11) is 0. The highest BCUT2D eigenvalue weighted by Crippen LogP contribution is 2.10. The van der Waals surface area contributed by atoms with Crippen LogP contribution < -0.4 is 5.32 Å². The van der Waals surface area contributed by atoms with Crippen LogP contribution in [-0.4, -0.2) is 17.3 Å². The molecule has 0 heterocycles. The van der Waals surface area contributed by atoms with Gasteiger partial charge in [-0.2, -0.15) is 0 Å². The molecule has 0 aliphatic heterocycles. The van der Waals surface area contributed by atoms with E-state index >= 15 is 0 Å². The molecule has 3 heteroatoms. The molecule has 84 valence electrons. The molecule has 0 saturated carbocycles. The van der Waals surface area contributed by atoms with Gasteiger partial charge in [0.25, 0.3) is 0 Å². The van der Waals surface area contributed by atoms with Crippen molar-refractivity contribution in [1.29, 1.82) is 0 Å². The summed E-state index contributed by atoms with van der Waals surface area (Å²) in [5.41, 5.74) is 0.569. The quantitative estimate of drug-likeness (QED) is 0.758. The summed E-state index contributed by atoms with van der Waals surface area (Å²) >= 11 is 5.86. The van der Waals surface area contributed by atoms with Crippen LogP contribution in [0.2, 0.25) is 5.02 Å². The number of hydrogen-bond donors (Lipinski definition) is 2. The molecule has 1 rings (SSSR count). The van der Waals surface area contributed by atoms with E-state index in [0.29, 0.717) is 0 Å². The van der Waals surface area contributed by atoms with Gasteiger partial charge < -0.3 is 10.4 Å². The van der Waals surface area contributed by atoms with Crippen molar-refractivity contribution in [2.24, 2.45) is 0 Å². The molecule has 1 aromatic rings. The summed E-state index contributed by atoms with van der Waals surface area (Å²) in [6.07, 6.45) is 0.744. The van der Waals surface area contributed by atoms with Crippen molar-refractivity contribution in [2.75, 3.05) is 6.54 Å². The number of benzene rings is 1. The second kappa shape index (κ2) is 5.50. The third kappa shape index (κ3) is 5.78. The van der Waals surface area contributed by atoms with Gasteiger partial charge in [0, 0.05) is 11.6 Å². The number of halogens is 1. The Kier molecular flexibility index (Phi) is 4.58. The molecule has 0 spiro atoms. The molecule has 0 aliphatic carbocycles. The highest BCUT2D eigenvalue weighted by Gasteiger charge is 2.10. The largest absolute Gasteiger partial charge is 0.390 e. The molecule has 0 aromatic heterocycles. The zero-order valence-corrected chi connectivity index (χ0v) is 10.0. The van der Waals surface area contributed by atoms with Gasteiger partial charge in [-0.3, -0.25) is 0 Å². The first-order chi connectivity index (χ1) is 6.97. The zero-order valence-electron chi connectivity index (χ0n) is 9.26. The predicted octanol–water partition coefficient (Wildman–Crippen LogP) is 2.59. The Hall–Kier alpha value is -0.570. The van der Waals surface area contributed by atoms with Gasteiger partial charge in [0.15, 0.2) is 0 Å². The van der Waals surface area contributed by atoms with Crippen molar-refractivity contribution in [1.82, 2.24) is 5.32 Å². The Bertz CT molecular complexity index is 307. The first-order valence-corrected chi connectivity index (χ1v) is 5.53. The second-order valence-electron chi connectivity index (χ2n) is 4.37. The summed E-state index contributed by atoms with van der Waals surface area (Å²) in [5.74, 6) is 0. The van der Waals surface area contributed by atoms with E-state index in [1.165, 1.54) is 5.56 Å². The summed E-state index contributed by atoms with van der Waals surface area (Å²) in [4.78, 5) is 0. The van der Waals surface area contributed by atoms with Crippen LogP contribution in [0.5, 0.6) is 0 Å². The minimum absolute atomic E-state index is 0.596. The van der Waals surface area contributed by atoms with Gasteiger partial charge in [-0.25, -0.2) is 0 Å². The maximum absolute atomic E-state index is 9.50. The molecular formula is C12H18ClNO. The Labute approximate surface area is 96.3 Å². The topological polar surface area (TPSA) is 32.3 Å². The lowest BCUT2D eigenvalue weighted by molar-refractivity contribution is 0.0711. The summed E-state index contributed by atoms with van der Waals surface area (Å²) < 4.78 is 0. The molecule has 2 N–H and O–H groups in total. The van der Waals surface area contributed by atoms with Gasteiger partial charge in [-0.15, -0.1) is 0 Å². The fourth-order valence-electron chi connectivity index (χ4n) is 1.27. The molecule has 0 amide bonds. The Morgan fingerprint density at radius 2 is 2.13 bits per heavy atom. The summed E-state index contributed by atoms with van der Waals surface area (Å²) in [6.45, 7) is 5.22. The third-order valence-electron chi connectivity index (χ3n) is 2.13. The summed E-state index contributed by atoms with van der Waals surface area (Å²) in [5, 5.41) is 13.5. The lowest BCUT2D eigenvalue weighted by Crippen LogP contribution is -2.26. The third-order valence-corrected chi connectivity index (χ3v) is 2.37. The SMILES string of the molecule is CC(C)(O)CCNCc1cccc(Cl)c1. The van der Waals surface area contributed by atoms with Gasteiger partial charge in [0.1, 0.15) is 0 Å². The number of hydrogen-bond acceptors (Lipinski definition) is 2. The standard InChI is InChI=1S/C12H18ClNO/c1-12(2,15)6-7-14-9-10-4-3-5-11(13)8-10/h3-5,8,14-15H,6-7,9H2,1-2H3. The van der Waals surface area contributed by atoms with Gasteiger partial charge >= 0.3 is 0 Å². The van der Waals surface area contributed by atoms with Gasteiger partial charge in [0.2, 0.25) is 0 Å². The molecule has 15 heavy (non-hydrogen) atoms. The molecule has 0 fully saturated rings. The van der Waals surface area contributed by atoms with E-state index < -0.39 is 5.60 Å². The Morgan fingerprint density at radius 1 is 1.40 bits per heavy atom. The molecule has 1 aromatic carbocycles. The molecule has 2 nitrogen and oxygen atoms in total. The second-order valence-corrected chi connectivity index (χ2v) is 4.81.